The van der Waals surface area contributed by atoms with Crippen LogP contribution >= 0.6 is 0 Å². The van der Waals surface area contributed by atoms with E-state index < -0.39 is 0 Å². The van der Waals surface area contributed by atoms with Gasteiger partial charge in [0, 0.05) is 18.2 Å². The summed E-state index contributed by atoms with van der Waals surface area (Å²) in [6.45, 7) is 5.10. The minimum absolute atomic E-state index is 0.00445. The third kappa shape index (κ3) is 2.23. The van der Waals surface area contributed by atoms with Crippen LogP contribution in [0.2, 0.25) is 0 Å². The molecule has 0 atom stereocenters. The van der Waals surface area contributed by atoms with Crippen molar-refractivity contribution >= 4 is 17.4 Å². The van der Waals surface area contributed by atoms with E-state index in [2.05, 4.69) is 12.1 Å². The van der Waals surface area contributed by atoms with Gasteiger partial charge in [-0.25, -0.2) is 9.18 Å². The zero-order chi connectivity index (χ0) is 16.8. The standard InChI is InChI=1S/C19H19FN2O2/c1-12(2)22-17-14(4-3-13-9-10-24-18(13)17)11-21(19(22)23)16-7-5-15(20)6-8-16/h3-8,12H,9-11H2,1-2H3. The molecular weight excluding hydrogens is 307 g/mol. The summed E-state index contributed by atoms with van der Waals surface area (Å²) in [7, 11) is 0. The molecule has 4 nitrogen and oxygen atoms in total. The molecular formula is C19H19FN2O2. The van der Waals surface area contributed by atoms with Gasteiger partial charge in [0.25, 0.3) is 0 Å². The Labute approximate surface area is 140 Å². The molecule has 2 aliphatic heterocycles. The Morgan fingerprint density at radius 1 is 1.08 bits per heavy atom. The molecule has 2 amide bonds. The van der Waals surface area contributed by atoms with Crippen LogP contribution in [0.5, 0.6) is 5.75 Å². The van der Waals surface area contributed by atoms with E-state index in [9.17, 15) is 9.18 Å². The third-order valence-corrected chi connectivity index (χ3v) is 4.58. The van der Waals surface area contributed by atoms with Crippen LogP contribution in [0.3, 0.4) is 0 Å². The minimum Gasteiger partial charge on any atom is -0.491 e. The Morgan fingerprint density at radius 2 is 1.79 bits per heavy atom. The van der Waals surface area contributed by atoms with Crippen molar-refractivity contribution in [3.63, 3.8) is 0 Å². The zero-order valence-electron chi connectivity index (χ0n) is 13.8. The maximum Gasteiger partial charge on any atom is 0.329 e. The van der Waals surface area contributed by atoms with Crippen LogP contribution in [0.1, 0.15) is 25.0 Å². The SMILES string of the molecule is CC(C)N1C(=O)N(c2ccc(F)cc2)Cc2ccc3c(c21)OCC3. The first-order valence-corrected chi connectivity index (χ1v) is 8.20. The second-order valence-corrected chi connectivity index (χ2v) is 6.47. The monoisotopic (exact) mass is 326 g/mol. The fourth-order valence-corrected chi connectivity index (χ4v) is 3.43. The van der Waals surface area contributed by atoms with Crippen molar-refractivity contribution in [1.29, 1.82) is 0 Å². The van der Waals surface area contributed by atoms with Crippen LogP contribution < -0.4 is 14.5 Å². The lowest BCUT2D eigenvalue weighted by molar-refractivity contribution is 0.248. The average Bonchev–Trinajstić information content (AvgIpc) is 3.03. The largest absolute Gasteiger partial charge is 0.491 e. The molecule has 24 heavy (non-hydrogen) atoms. The highest BCUT2D eigenvalue weighted by molar-refractivity contribution is 6.07. The normalized spacial score (nSPS) is 16.2. The lowest BCUT2D eigenvalue weighted by atomic mass is 10.0. The number of halogens is 1. The molecule has 0 saturated heterocycles. The zero-order valence-corrected chi connectivity index (χ0v) is 13.8. The fourth-order valence-electron chi connectivity index (χ4n) is 3.43. The maximum atomic E-state index is 13.2. The smallest absolute Gasteiger partial charge is 0.329 e. The molecule has 2 heterocycles. The molecule has 0 aliphatic carbocycles. The van der Waals surface area contributed by atoms with E-state index >= 15 is 0 Å². The fraction of sp³-hybridized carbons (Fsp3) is 0.316. The second-order valence-electron chi connectivity index (χ2n) is 6.47. The van der Waals surface area contributed by atoms with E-state index in [-0.39, 0.29) is 17.9 Å². The number of hydrogen-bond donors (Lipinski definition) is 0. The van der Waals surface area contributed by atoms with Gasteiger partial charge in [0.05, 0.1) is 18.8 Å². The van der Waals surface area contributed by atoms with Gasteiger partial charge in [-0.15, -0.1) is 0 Å². The summed E-state index contributed by atoms with van der Waals surface area (Å²) in [5, 5.41) is 0. The van der Waals surface area contributed by atoms with Crippen LogP contribution in [0.4, 0.5) is 20.6 Å². The Kier molecular flexibility index (Phi) is 3.44. The first-order chi connectivity index (χ1) is 11.6. The van der Waals surface area contributed by atoms with Crippen molar-refractivity contribution in [2.45, 2.75) is 32.9 Å². The highest BCUT2D eigenvalue weighted by Crippen LogP contribution is 2.44. The number of nitrogens with zero attached hydrogens (tertiary/aromatic N) is 2. The number of carbonyl (C=O) groups is 1. The predicted molar refractivity (Wildman–Crippen MR) is 91.2 cm³/mol. The number of benzene rings is 2. The van der Waals surface area contributed by atoms with E-state index in [4.69, 9.17) is 4.74 Å². The molecule has 5 heteroatoms. The molecule has 4 rings (SSSR count). The van der Waals surface area contributed by atoms with Gasteiger partial charge in [0.1, 0.15) is 11.6 Å². The third-order valence-electron chi connectivity index (χ3n) is 4.58. The van der Waals surface area contributed by atoms with Gasteiger partial charge < -0.3 is 4.74 Å². The van der Waals surface area contributed by atoms with Crippen molar-refractivity contribution in [3.05, 3.63) is 53.3 Å². The Bertz CT molecular complexity index is 802. The van der Waals surface area contributed by atoms with Crippen molar-refractivity contribution in [3.8, 4) is 5.75 Å². The molecule has 2 aliphatic rings. The van der Waals surface area contributed by atoms with Gasteiger partial charge in [0.2, 0.25) is 0 Å². The quantitative estimate of drug-likeness (QED) is 0.832. The van der Waals surface area contributed by atoms with Crippen molar-refractivity contribution in [1.82, 2.24) is 0 Å². The highest BCUT2D eigenvalue weighted by Gasteiger charge is 2.37. The second kappa shape index (κ2) is 5.51. The van der Waals surface area contributed by atoms with E-state index in [0.29, 0.717) is 18.8 Å². The van der Waals surface area contributed by atoms with Crippen molar-refractivity contribution < 1.29 is 13.9 Å². The number of carbonyl (C=O) groups excluding carboxylic acids is 1. The molecule has 0 unspecified atom stereocenters. The molecule has 0 aromatic heterocycles. The van der Waals surface area contributed by atoms with Crippen LogP contribution in [0.15, 0.2) is 36.4 Å². The van der Waals surface area contributed by atoms with E-state index in [1.165, 1.54) is 12.1 Å². The van der Waals surface area contributed by atoms with Gasteiger partial charge in [-0.05, 0) is 49.2 Å². The Balaban J connectivity index is 1.83. The summed E-state index contributed by atoms with van der Waals surface area (Å²) >= 11 is 0. The first-order valence-electron chi connectivity index (χ1n) is 8.20. The predicted octanol–water partition coefficient (Wildman–Crippen LogP) is 4.12. The number of rotatable bonds is 2. The molecule has 0 bridgehead atoms. The Morgan fingerprint density at radius 3 is 2.50 bits per heavy atom. The average molecular weight is 326 g/mol. The number of hydrogen-bond acceptors (Lipinski definition) is 2. The van der Waals surface area contributed by atoms with Gasteiger partial charge in [-0.1, -0.05) is 12.1 Å². The minimum atomic E-state index is -0.310. The summed E-state index contributed by atoms with van der Waals surface area (Å²) in [5.74, 6) is 0.531. The molecule has 0 spiro atoms. The maximum absolute atomic E-state index is 13.2. The number of anilines is 2. The van der Waals surface area contributed by atoms with E-state index in [1.54, 1.807) is 21.9 Å². The van der Waals surface area contributed by atoms with Crippen LogP contribution in [0, 0.1) is 5.82 Å². The molecule has 2 aromatic carbocycles. The van der Waals surface area contributed by atoms with E-state index in [1.807, 2.05) is 13.8 Å². The van der Waals surface area contributed by atoms with Gasteiger partial charge >= 0.3 is 6.03 Å². The van der Waals surface area contributed by atoms with Crippen LogP contribution in [0.25, 0.3) is 0 Å². The summed E-state index contributed by atoms with van der Waals surface area (Å²) in [5.41, 5.74) is 3.79. The summed E-state index contributed by atoms with van der Waals surface area (Å²) in [6.07, 6.45) is 0.879. The number of ether oxygens (including phenoxy) is 1. The summed E-state index contributed by atoms with van der Waals surface area (Å²) in [6, 6.07) is 10.1. The van der Waals surface area contributed by atoms with Gasteiger partial charge in [0.15, 0.2) is 0 Å². The molecule has 124 valence electrons. The molecule has 0 saturated carbocycles. The Hall–Kier alpha value is -2.56. The van der Waals surface area contributed by atoms with Crippen LogP contribution in [-0.2, 0) is 13.0 Å². The molecule has 2 aromatic rings. The van der Waals surface area contributed by atoms with E-state index in [0.717, 1.165) is 29.0 Å². The summed E-state index contributed by atoms with van der Waals surface area (Å²) in [4.78, 5) is 16.6. The van der Waals surface area contributed by atoms with Gasteiger partial charge in [-0.3, -0.25) is 9.80 Å². The lowest BCUT2D eigenvalue weighted by Gasteiger charge is -2.40. The lowest BCUT2D eigenvalue weighted by Crippen LogP contribution is -2.50. The number of fused-ring (bicyclic) bond motifs is 3. The first kappa shape index (κ1) is 15.0. The molecule has 0 radical (unpaired) electrons. The highest BCUT2D eigenvalue weighted by atomic mass is 19.1. The number of urea groups is 1. The molecule has 0 fully saturated rings. The number of amides is 2. The van der Waals surface area contributed by atoms with Gasteiger partial charge in [-0.2, -0.15) is 0 Å². The van der Waals surface area contributed by atoms with Crippen LogP contribution in [-0.4, -0.2) is 18.7 Å². The summed E-state index contributed by atoms with van der Waals surface area (Å²) < 4.78 is 19.0. The van der Waals surface area contributed by atoms with Crippen molar-refractivity contribution in [2.75, 3.05) is 16.4 Å². The van der Waals surface area contributed by atoms with Crippen molar-refractivity contribution in [2.24, 2.45) is 0 Å². The molecule has 0 N–H and O–H groups in total. The topological polar surface area (TPSA) is 32.8 Å².